The maximum Gasteiger partial charge on any atom is 0.272 e. The van der Waals surface area contributed by atoms with Crippen LogP contribution in [-0.4, -0.2) is 15.7 Å². The first-order valence-corrected chi connectivity index (χ1v) is 7.63. The Kier molecular flexibility index (Phi) is 4.52. The molecule has 1 amide bonds. The molecule has 0 saturated carbocycles. The van der Waals surface area contributed by atoms with Gasteiger partial charge in [0.2, 0.25) is 0 Å². The first kappa shape index (κ1) is 15.7. The molecule has 0 unspecified atom stereocenters. The first-order valence-electron chi connectivity index (χ1n) is 7.63. The van der Waals surface area contributed by atoms with Crippen LogP contribution in [0, 0.1) is 6.92 Å². The van der Waals surface area contributed by atoms with E-state index in [0.29, 0.717) is 12.2 Å². The minimum atomic E-state index is -0.317. The Balaban J connectivity index is 1.81. The van der Waals surface area contributed by atoms with E-state index >= 15 is 0 Å². The average Bonchev–Trinajstić information content (AvgIpc) is 2.62. The predicted molar refractivity (Wildman–Crippen MR) is 92.2 cm³/mol. The lowest BCUT2D eigenvalue weighted by molar-refractivity contribution is 0.0944. The lowest BCUT2D eigenvalue weighted by Crippen LogP contribution is -2.28. The van der Waals surface area contributed by atoms with Crippen LogP contribution in [0.5, 0.6) is 0 Å². The van der Waals surface area contributed by atoms with Gasteiger partial charge in [0.15, 0.2) is 0 Å². The summed E-state index contributed by atoms with van der Waals surface area (Å²) in [5.74, 6) is -0.317. The summed E-state index contributed by atoms with van der Waals surface area (Å²) in [6, 6.07) is 19.7. The van der Waals surface area contributed by atoms with Crippen molar-refractivity contribution >= 4 is 5.91 Å². The SMILES string of the molecule is Cc1ccccc1CNC(=O)c1ccc(=O)n(-c2ccccc2)n1. The highest BCUT2D eigenvalue weighted by Crippen LogP contribution is 2.07. The molecule has 3 rings (SSSR count). The van der Waals surface area contributed by atoms with Crippen molar-refractivity contribution in [2.75, 3.05) is 0 Å². The third-order valence-electron chi connectivity index (χ3n) is 3.73. The molecule has 0 fully saturated rings. The number of aryl methyl sites for hydroxylation is 1. The average molecular weight is 319 g/mol. The molecule has 24 heavy (non-hydrogen) atoms. The summed E-state index contributed by atoms with van der Waals surface area (Å²) in [6.45, 7) is 2.41. The Morgan fingerprint density at radius 2 is 1.71 bits per heavy atom. The number of hydrogen-bond donors (Lipinski definition) is 1. The Morgan fingerprint density at radius 1 is 1.00 bits per heavy atom. The maximum absolute atomic E-state index is 12.3. The standard InChI is InChI=1S/C19H17N3O2/c1-14-7-5-6-8-15(14)13-20-19(24)17-11-12-18(23)22(21-17)16-9-3-2-4-10-16/h2-12H,13H2,1H3,(H,20,24). The summed E-state index contributed by atoms with van der Waals surface area (Å²) >= 11 is 0. The van der Waals surface area contributed by atoms with Crippen molar-refractivity contribution in [1.29, 1.82) is 0 Å². The van der Waals surface area contributed by atoms with Gasteiger partial charge in [0, 0.05) is 12.6 Å². The van der Waals surface area contributed by atoms with Gasteiger partial charge in [-0.25, -0.2) is 0 Å². The molecule has 0 spiro atoms. The molecule has 5 heteroatoms. The third kappa shape index (κ3) is 3.41. The Labute approximate surface area is 139 Å². The molecule has 120 valence electrons. The van der Waals surface area contributed by atoms with Crippen molar-refractivity contribution in [3.05, 3.63) is 93.9 Å². The highest BCUT2D eigenvalue weighted by atomic mass is 16.2. The number of hydrogen-bond acceptors (Lipinski definition) is 3. The van der Waals surface area contributed by atoms with Gasteiger partial charge in [-0.15, -0.1) is 0 Å². The van der Waals surface area contributed by atoms with Crippen molar-refractivity contribution in [2.45, 2.75) is 13.5 Å². The summed E-state index contributed by atoms with van der Waals surface area (Å²) in [5, 5.41) is 7.01. The Bertz CT molecular complexity index is 917. The summed E-state index contributed by atoms with van der Waals surface area (Å²) in [4.78, 5) is 24.3. The van der Waals surface area contributed by atoms with Crippen molar-refractivity contribution in [1.82, 2.24) is 15.1 Å². The van der Waals surface area contributed by atoms with Crippen molar-refractivity contribution in [3.63, 3.8) is 0 Å². The van der Waals surface area contributed by atoms with E-state index in [1.54, 1.807) is 12.1 Å². The van der Waals surface area contributed by atoms with E-state index in [2.05, 4.69) is 10.4 Å². The Morgan fingerprint density at radius 3 is 2.46 bits per heavy atom. The zero-order valence-electron chi connectivity index (χ0n) is 13.3. The number of aromatic nitrogens is 2. The van der Waals surface area contributed by atoms with Crippen LogP contribution >= 0.6 is 0 Å². The van der Waals surface area contributed by atoms with Crippen LogP contribution in [0.2, 0.25) is 0 Å². The number of para-hydroxylation sites is 1. The van der Waals surface area contributed by atoms with Crippen LogP contribution in [0.3, 0.4) is 0 Å². The van der Waals surface area contributed by atoms with Gasteiger partial charge in [-0.3, -0.25) is 9.59 Å². The van der Waals surface area contributed by atoms with Crippen molar-refractivity contribution < 1.29 is 4.79 Å². The molecule has 0 saturated heterocycles. The fourth-order valence-corrected chi connectivity index (χ4v) is 2.36. The molecule has 3 aromatic rings. The third-order valence-corrected chi connectivity index (χ3v) is 3.73. The number of amides is 1. The fraction of sp³-hybridized carbons (Fsp3) is 0.105. The number of nitrogens with one attached hydrogen (secondary N) is 1. The Hall–Kier alpha value is -3.21. The topological polar surface area (TPSA) is 64.0 Å². The molecule has 2 aromatic carbocycles. The molecule has 0 radical (unpaired) electrons. The number of carbonyl (C=O) groups excluding carboxylic acids is 1. The lowest BCUT2D eigenvalue weighted by atomic mass is 10.1. The highest BCUT2D eigenvalue weighted by Gasteiger charge is 2.10. The number of rotatable bonds is 4. The molecule has 0 aliphatic carbocycles. The molecule has 1 aromatic heterocycles. The van der Waals surface area contributed by atoms with E-state index in [9.17, 15) is 9.59 Å². The molecule has 1 N–H and O–H groups in total. The summed E-state index contributed by atoms with van der Waals surface area (Å²) in [7, 11) is 0. The van der Waals surface area contributed by atoms with E-state index in [-0.39, 0.29) is 17.2 Å². The molecule has 1 heterocycles. The summed E-state index contributed by atoms with van der Waals surface area (Å²) in [5.41, 5.74) is 2.70. The van der Waals surface area contributed by atoms with Crippen LogP contribution in [0.15, 0.2) is 71.5 Å². The smallest absolute Gasteiger partial charge is 0.272 e. The molecule has 0 bridgehead atoms. The van der Waals surface area contributed by atoms with Gasteiger partial charge in [-0.1, -0.05) is 42.5 Å². The monoisotopic (exact) mass is 319 g/mol. The van der Waals surface area contributed by atoms with Gasteiger partial charge in [-0.05, 0) is 36.2 Å². The minimum Gasteiger partial charge on any atom is -0.347 e. The first-order chi connectivity index (χ1) is 11.6. The van der Waals surface area contributed by atoms with Gasteiger partial charge in [-0.2, -0.15) is 9.78 Å². The van der Waals surface area contributed by atoms with Gasteiger partial charge in [0.25, 0.3) is 11.5 Å². The number of benzene rings is 2. The maximum atomic E-state index is 12.3. The van der Waals surface area contributed by atoms with Crippen molar-refractivity contribution in [2.24, 2.45) is 0 Å². The fourth-order valence-electron chi connectivity index (χ4n) is 2.36. The van der Waals surface area contributed by atoms with Crippen LogP contribution in [0.4, 0.5) is 0 Å². The van der Waals surface area contributed by atoms with Crippen LogP contribution in [0.1, 0.15) is 21.6 Å². The minimum absolute atomic E-state index is 0.201. The molecule has 0 aliphatic heterocycles. The van der Waals surface area contributed by atoms with Gasteiger partial charge in [0.1, 0.15) is 5.69 Å². The van der Waals surface area contributed by atoms with Crippen LogP contribution < -0.4 is 10.9 Å². The van der Waals surface area contributed by atoms with E-state index in [1.165, 1.54) is 16.8 Å². The summed E-state index contributed by atoms with van der Waals surface area (Å²) in [6.07, 6.45) is 0. The van der Waals surface area contributed by atoms with E-state index in [0.717, 1.165) is 11.1 Å². The molecular weight excluding hydrogens is 302 g/mol. The highest BCUT2D eigenvalue weighted by molar-refractivity contribution is 5.92. The predicted octanol–water partition coefficient (Wildman–Crippen LogP) is 2.47. The van der Waals surface area contributed by atoms with E-state index in [1.807, 2.05) is 49.4 Å². The van der Waals surface area contributed by atoms with Gasteiger partial charge in [0.05, 0.1) is 5.69 Å². The van der Waals surface area contributed by atoms with Crippen LogP contribution in [0.25, 0.3) is 5.69 Å². The van der Waals surface area contributed by atoms with Crippen LogP contribution in [-0.2, 0) is 6.54 Å². The van der Waals surface area contributed by atoms with E-state index in [4.69, 9.17) is 0 Å². The zero-order valence-corrected chi connectivity index (χ0v) is 13.3. The number of carbonyl (C=O) groups is 1. The molecule has 5 nitrogen and oxygen atoms in total. The molecule has 0 aliphatic rings. The molecular formula is C19H17N3O2. The second kappa shape index (κ2) is 6.91. The summed E-state index contributed by atoms with van der Waals surface area (Å²) < 4.78 is 1.22. The zero-order chi connectivity index (χ0) is 16.9. The van der Waals surface area contributed by atoms with Gasteiger partial charge >= 0.3 is 0 Å². The number of nitrogens with zero attached hydrogens (tertiary/aromatic N) is 2. The second-order valence-corrected chi connectivity index (χ2v) is 5.41. The largest absolute Gasteiger partial charge is 0.347 e. The van der Waals surface area contributed by atoms with E-state index < -0.39 is 0 Å². The quantitative estimate of drug-likeness (QED) is 0.803. The second-order valence-electron chi connectivity index (χ2n) is 5.41. The molecule has 0 atom stereocenters. The lowest BCUT2D eigenvalue weighted by Gasteiger charge is -2.09. The van der Waals surface area contributed by atoms with Crippen molar-refractivity contribution in [3.8, 4) is 5.69 Å². The normalized spacial score (nSPS) is 10.4. The van der Waals surface area contributed by atoms with Gasteiger partial charge < -0.3 is 5.32 Å².